The van der Waals surface area contributed by atoms with Crippen LogP contribution in [-0.2, 0) is 0 Å². The fourth-order valence-corrected chi connectivity index (χ4v) is 1.94. The molecule has 0 aliphatic carbocycles. The van der Waals surface area contributed by atoms with Gasteiger partial charge < -0.3 is 5.32 Å². The number of hydrogen-bond donors (Lipinski definition) is 1. The second kappa shape index (κ2) is 6.48. The Morgan fingerprint density at radius 2 is 1.72 bits per heavy atom. The largest absolute Gasteiger partial charge is 0.380 e. The van der Waals surface area contributed by atoms with Crippen LogP contribution in [-0.4, -0.2) is 6.54 Å². The van der Waals surface area contributed by atoms with E-state index in [1.165, 1.54) is 5.56 Å². The van der Waals surface area contributed by atoms with Gasteiger partial charge in [-0.2, -0.15) is 0 Å². The van der Waals surface area contributed by atoms with Gasteiger partial charge in [-0.25, -0.2) is 0 Å². The molecule has 0 aliphatic rings. The molecule has 0 aliphatic heterocycles. The molecule has 2 aromatic rings. The van der Waals surface area contributed by atoms with Gasteiger partial charge in [-0.3, -0.25) is 0 Å². The maximum Gasteiger partial charge on any atom is 0.0823 e. The summed E-state index contributed by atoms with van der Waals surface area (Å²) in [6.07, 6.45) is 4.11. The summed E-state index contributed by atoms with van der Waals surface area (Å²) in [7, 11) is 0. The summed E-state index contributed by atoms with van der Waals surface area (Å²) >= 11 is 12.0. The molecule has 0 aromatic heterocycles. The van der Waals surface area contributed by atoms with Crippen LogP contribution in [0.25, 0.3) is 6.08 Å². The van der Waals surface area contributed by atoms with Gasteiger partial charge in [0.05, 0.1) is 15.7 Å². The molecule has 0 saturated heterocycles. The number of nitrogens with one attached hydrogen (secondary N) is 1. The van der Waals surface area contributed by atoms with Gasteiger partial charge in [0.1, 0.15) is 0 Å². The van der Waals surface area contributed by atoms with E-state index in [2.05, 4.69) is 23.5 Å². The van der Waals surface area contributed by atoms with Gasteiger partial charge in [-0.05, 0) is 17.7 Å². The third-order valence-electron chi connectivity index (χ3n) is 2.47. The average molecular weight is 278 g/mol. The zero-order chi connectivity index (χ0) is 12.8. The molecule has 18 heavy (non-hydrogen) atoms. The van der Waals surface area contributed by atoms with Crippen molar-refractivity contribution in [3.63, 3.8) is 0 Å². The Hall–Kier alpha value is -1.44. The monoisotopic (exact) mass is 277 g/mol. The Bertz CT molecular complexity index is 535. The first-order chi connectivity index (χ1) is 8.77. The molecule has 0 spiro atoms. The van der Waals surface area contributed by atoms with Crippen LogP contribution in [0.1, 0.15) is 5.56 Å². The smallest absolute Gasteiger partial charge is 0.0823 e. The lowest BCUT2D eigenvalue weighted by molar-refractivity contribution is 1.34. The third kappa shape index (κ3) is 3.52. The van der Waals surface area contributed by atoms with Gasteiger partial charge >= 0.3 is 0 Å². The minimum absolute atomic E-state index is 0.562. The van der Waals surface area contributed by atoms with Crippen molar-refractivity contribution in [3.8, 4) is 0 Å². The second-order valence-electron chi connectivity index (χ2n) is 3.80. The SMILES string of the molecule is Clc1cccc(NCC=Cc2ccccc2)c1Cl. The van der Waals surface area contributed by atoms with Crippen LogP contribution in [0, 0.1) is 0 Å². The quantitative estimate of drug-likeness (QED) is 0.818. The van der Waals surface area contributed by atoms with Crippen LogP contribution < -0.4 is 5.32 Å². The molecule has 2 rings (SSSR count). The third-order valence-corrected chi connectivity index (χ3v) is 3.29. The minimum atomic E-state index is 0.562. The molecular formula is C15H13Cl2N. The van der Waals surface area contributed by atoms with Crippen molar-refractivity contribution in [3.05, 3.63) is 70.2 Å². The van der Waals surface area contributed by atoms with Crippen molar-refractivity contribution in [2.75, 3.05) is 11.9 Å². The molecule has 1 N–H and O–H groups in total. The highest BCUT2D eigenvalue weighted by molar-refractivity contribution is 6.43. The van der Waals surface area contributed by atoms with Gasteiger partial charge in [-0.15, -0.1) is 0 Å². The number of halogens is 2. The molecule has 0 saturated carbocycles. The van der Waals surface area contributed by atoms with Gasteiger partial charge in [-0.1, -0.05) is 71.8 Å². The standard InChI is InChI=1S/C15H13Cl2N/c16-13-9-4-10-14(15(13)17)18-11-5-8-12-6-2-1-3-7-12/h1-10,18H,11H2. The Morgan fingerprint density at radius 3 is 2.50 bits per heavy atom. The van der Waals surface area contributed by atoms with Crippen molar-refractivity contribution < 1.29 is 0 Å². The maximum atomic E-state index is 6.07. The molecule has 92 valence electrons. The van der Waals surface area contributed by atoms with Crippen LogP contribution >= 0.6 is 23.2 Å². The highest BCUT2D eigenvalue weighted by Gasteiger charge is 2.01. The lowest BCUT2D eigenvalue weighted by Gasteiger charge is -2.06. The molecular weight excluding hydrogens is 265 g/mol. The van der Waals surface area contributed by atoms with Crippen molar-refractivity contribution in [1.29, 1.82) is 0 Å². The van der Waals surface area contributed by atoms with E-state index in [4.69, 9.17) is 23.2 Å². The average Bonchev–Trinajstić information content (AvgIpc) is 2.40. The molecule has 0 atom stereocenters. The molecule has 0 radical (unpaired) electrons. The highest BCUT2D eigenvalue weighted by atomic mass is 35.5. The van der Waals surface area contributed by atoms with E-state index in [0.717, 1.165) is 5.69 Å². The Kier molecular flexibility index (Phi) is 4.68. The zero-order valence-electron chi connectivity index (χ0n) is 9.74. The number of benzene rings is 2. The Morgan fingerprint density at radius 1 is 0.944 bits per heavy atom. The first-order valence-electron chi connectivity index (χ1n) is 5.67. The summed E-state index contributed by atoms with van der Waals surface area (Å²) in [4.78, 5) is 0. The summed E-state index contributed by atoms with van der Waals surface area (Å²) in [5.74, 6) is 0. The molecule has 1 nitrogen and oxygen atoms in total. The Labute approximate surface area is 117 Å². The molecule has 0 amide bonds. The zero-order valence-corrected chi connectivity index (χ0v) is 11.2. The van der Waals surface area contributed by atoms with Gasteiger partial charge in [0, 0.05) is 6.54 Å². The van der Waals surface area contributed by atoms with Crippen molar-refractivity contribution in [2.24, 2.45) is 0 Å². The first-order valence-corrected chi connectivity index (χ1v) is 6.42. The lowest BCUT2D eigenvalue weighted by atomic mass is 10.2. The van der Waals surface area contributed by atoms with E-state index in [1.807, 2.05) is 36.4 Å². The molecule has 0 unspecified atom stereocenters. The predicted molar refractivity (Wildman–Crippen MR) is 80.4 cm³/mol. The summed E-state index contributed by atoms with van der Waals surface area (Å²) in [5, 5.41) is 4.35. The normalized spacial score (nSPS) is 10.8. The summed E-state index contributed by atoms with van der Waals surface area (Å²) in [5.41, 5.74) is 2.03. The number of hydrogen-bond acceptors (Lipinski definition) is 1. The van der Waals surface area contributed by atoms with E-state index in [1.54, 1.807) is 6.07 Å². The topological polar surface area (TPSA) is 12.0 Å². The molecule has 0 bridgehead atoms. The predicted octanol–water partition coefficient (Wildman–Crippen LogP) is 5.12. The molecule has 2 aromatic carbocycles. The summed E-state index contributed by atoms with van der Waals surface area (Å²) in [6.45, 7) is 0.703. The molecule has 0 heterocycles. The van der Waals surface area contributed by atoms with Crippen LogP contribution in [0.3, 0.4) is 0 Å². The maximum absolute atomic E-state index is 6.07. The van der Waals surface area contributed by atoms with E-state index in [0.29, 0.717) is 16.6 Å². The number of anilines is 1. The van der Waals surface area contributed by atoms with Crippen LogP contribution in [0.4, 0.5) is 5.69 Å². The van der Waals surface area contributed by atoms with Gasteiger partial charge in [0.2, 0.25) is 0 Å². The number of rotatable bonds is 4. The molecule has 0 fully saturated rings. The second-order valence-corrected chi connectivity index (χ2v) is 4.58. The van der Waals surface area contributed by atoms with Crippen molar-refractivity contribution >= 4 is 35.0 Å². The van der Waals surface area contributed by atoms with Crippen LogP contribution in [0.15, 0.2) is 54.6 Å². The fraction of sp³-hybridized carbons (Fsp3) is 0.0667. The lowest BCUT2D eigenvalue weighted by Crippen LogP contribution is -1.98. The summed E-state index contributed by atoms with van der Waals surface area (Å²) in [6, 6.07) is 15.7. The van der Waals surface area contributed by atoms with E-state index >= 15 is 0 Å². The van der Waals surface area contributed by atoms with Gasteiger partial charge in [0.25, 0.3) is 0 Å². The van der Waals surface area contributed by atoms with Crippen LogP contribution in [0.5, 0.6) is 0 Å². The Balaban J connectivity index is 1.93. The van der Waals surface area contributed by atoms with Crippen molar-refractivity contribution in [2.45, 2.75) is 0 Å². The van der Waals surface area contributed by atoms with E-state index in [9.17, 15) is 0 Å². The van der Waals surface area contributed by atoms with E-state index in [-0.39, 0.29) is 0 Å². The van der Waals surface area contributed by atoms with Crippen molar-refractivity contribution in [1.82, 2.24) is 0 Å². The fourth-order valence-electron chi connectivity index (χ4n) is 1.57. The highest BCUT2D eigenvalue weighted by Crippen LogP contribution is 2.29. The summed E-state index contributed by atoms with van der Waals surface area (Å²) < 4.78 is 0. The minimum Gasteiger partial charge on any atom is -0.380 e. The molecule has 3 heteroatoms. The van der Waals surface area contributed by atoms with Crippen LogP contribution in [0.2, 0.25) is 10.0 Å². The first kappa shape index (κ1) is 13.0. The van der Waals surface area contributed by atoms with E-state index < -0.39 is 0 Å². The van der Waals surface area contributed by atoms with Gasteiger partial charge in [0.15, 0.2) is 0 Å².